The number of rotatable bonds is 5. The molecule has 1 aliphatic heterocycles. The molecule has 3 aromatic rings. The van der Waals surface area contributed by atoms with Crippen LogP contribution in [0.3, 0.4) is 0 Å². The smallest absolute Gasteiger partial charge is 0.278 e. The zero-order valence-corrected chi connectivity index (χ0v) is 16.6. The maximum atomic E-state index is 13.1. The number of carbonyl (C=O) groups excluding carboxylic acids is 2. The first-order chi connectivity index (χ1) is 14.5. The highest BCUT2D eigenvalue weighted by molar-refractivity contribution is 6.06. The van der Waals surface area contributed by atoms with E-state index >= 15 is 0 Å². The van der Waals surface area contributed by atoms with Crippen molar-refractivity contribution < 1.29 is 9.59 Å². The largest absolute Gasteiger partial charge is 0.326 e. The Morgan fingerprint density at radius 2 is 1.77 bits per heavy atom. The van der Waals surface area contributed by atoms with Gasteiger partial charge in [-0.25, -0.2) is 4.68 Å². The van der Waals surface area contributed by atoms with Gasteiger partial charge in [-0.2, -0.15) is 5.10 Å². The maximum Gasteiger partial charge on any atom is 0.278 e. The molecule has 0 fully saturated rings. The van der Waals surface area contributed by atoms with E-state index in [4.69, 9.17) is 0 Å². The second kappa shape index (κ2) is 8.32. The summed E-state index contributed by atoms with van der Waals surface area (Å²) in [4.78, 5) is 39.2. The molecule has 1 N–H and O–H groups in total. The van der Waals surface area contributed by atoms with Gasteiger partial charge in [-0.05, 0) is 43.2 Å². The van der Waals surface area contributed by atoms with Crippen molar-refractivity contribution in [3.05, 3.63) is 88.3 Å². The average molecular weight is 402 g/mol. The molecule has 0 saturated carbocycles. The molecule has 4 rings (SSSR count). The summed E-state index contributed by atoms with van der Waals surface area (Å²) in [5.74, 6) is -0.483. The minimum absolute atomic E-state index is 0.00808. The van der Waals surface area contributed by atoms with Gasteiger partial charge in [0.1, 0.15) is 5.69 Å². The lowest BCUT2D eigenvalue weighted by molar-refractivity contribution is -0.116. The van der Waals surface area contributed by atoms with Crippen LogP contribution in [0.2, 0.25) is 0 Å². The van der Waals surface area contributed by atoms with Crippen molar-refractivity contribution in [1.82, 2.24) is 9.78 Å². The molecular formula is C23H22N4O3. The molecule has 1 aliphatic rings. The lowest BCUT2D eigenvalue weighted by Gasteiger charge is -2.22. The molecule has 1 atom stereocenters. The van der Waals surface area contributed by atoms with Crippen molar-refractivity contribution >= 4 is 23.2 Å². The molecular weight excluding hydrogens is 380 g/mol. The van der Waals surface area contributed by atoms with Crippen LogP contribution in [0.25, 0.3) is 0 Å². The van der Waals surface area contributed by atoms with Crippen LogP contribution < -0.4 is 15.8 Å². The van der Waals surface area contributed by atoms with Gasteiger partial charge in [0, 0.05) is 29.9 Å². The number of nitrogens with one attached hydrogen (secondary N) is 1. The van der Waals surface area contributed by atoms with Crippen LogP contribution >= 0.6 is 0 Å². The summed E-state index contributed by atoms with van der Waals surface area (Å²) in [5.41, 5.74) is 2.50. The molecule has 0 radical (unpaired) electrons. The van der Waals surface area contributed by atoms with E-state index in [9.17, 15) is 14.4 Å². The lowest BCUT2D eigenvalue weighted by Crippen LogP contribution is -2.37. The Balaban J connectivity index is 1.49. The van der Waals surface area contributed by atoms with Crippen molar-refractivity contribution in [2.45, 2.75) is 32.4 Å². The highest BCUT2D eigenvalue weighted by Crippen LogP contribution is 2.32. The fraction of sp³-hybridized carbons (Fsp3) is 0.217. The Hall–Kier alpha value is -3.74. The molecule has 152 valence electrons. The Kier molecular flexibility index (Phi) is 5.43. The molecule has 2 amide bonds. The Morgan fingerprint density at radius 3 is 2.57 bits per heavy atom. The predicted octanol–water partition coefficient (Wildman–Crippen LogP) is 2.86. The Labute approximate surface area is 174 Å². The molecule has 30 heavy (non-hydrogen) atoms. The van der Waals surface area contributed by atoms with Crippen LogP contribution in [0.4, 0.5) is 11.4 Å². The average Bonchev–Trinajstić information content (AvgIpc) is 3.09. The third kappa shape index (κ3) is 4.00. The van der Waals surface area contributed by atoms with Gasteiger partial charge in [-0.1, -0.05) is 36.4 Å². The highest BCUT2D eigenvalue weighted by atomic mass is 16.2. The van der Waals surface area contributed by atoms with Crippen molar-refractivity contribution in [2.24, 2.45) is 0 Å². The summed E-state index contributed by atoms with van der Waals surface area (Å²) in [6.45, 7) is 2.08. The fourth-order valence-corrected chi connectivity index (χ4v) is 3.67. The molecule has 7 nitrogen and oxygen atoms in total. The van der Waals surface area contributed by atoms with Gasteiger partial charge in [-0.3, -0.25) is 14.4 Å². The van der Waals surface area contributed by atoms with Gasteiger partial charge < -0.3 is 10.2 Å². The molecule has 1 aromatic heterocycles. The SMILES string of the molecule is C[C@@H]1Cc2ccccc2N1C(=O)c1ccc(=O)n(CCC(=O)Nc2ccccc2)n1. The number of hydrogen-bond donors (Lipinski definition) is 1. The van der Waals surface area contributed by atoms with E-state index in [-0.39, 0.29) is 42.1 Å². The number of benzene rings is 2. The van der Waals surface area contributed by atoms with E-state index in [1.54, 1.807) is 17.0 Å². The fourth-order valence-electron chi connectivity index (χ4n) is 3.67. The van der Waals surface area contributed by atoms with Crippen LogP contribution in [0.15, 0.2) is 71.5 Å². The number of fused-ring (bicyclic) bond motifs is 1. The molecule has 2 aromatic carbocycles. The second-order valence-electron chi connectivity index (χ2n) is 7.30. The van der Waals surface area contributed by atoms with E-state index in [0.717, 1.165) is 17.7 Å². The van der Waals surface area contributed by atoms with E-state index in [1.807, 2.05) is 49.4 Å². The van der Waals surface area contributed by atoms with E-state index in [0.29, 0.717) is 5.69 Å². The first-order valence-corrected chi connectivity index (χ1v) is 9.87. The van der Waals surface area contributed by atoms with Crippen LogP contribution in [0.5, 0.6) is 0 Å². The topological polar surface area (TPSA) is 84.3 Å². The van der Waals surface area contributed by atoms with Gasteiger partial charge in [0.2, 0.25) is 5.91 Å². The number of aromatic nitrogens is 2. The Bertz CT molecular complexity index is 1140. The van der Waals surface area contributed by atoms with Crippen molar-refractivity contribution in [3.63, 3.8) is 0 Å². The third-order valence-corrected chi connectivity index (χ3v) is 5.12. The first-order valence-electron chi connectivity index (χ1n) is 9.87. The van der Waals surface area contributed by atoms with Crippen molar-refractivity contribution in [1.29, 1.82) is 0 Å². The van der Waals surface area contributed by atoms with E-state index < -0.39 is 0 Å². The van der Waals surface area contributed by atoms with E-state index in [2.05, 4.69) is 10.4 Å². The van der Waals surface area contributed by atoms with Gasteiger partial charge >= 0.3 is 0 Å². The molecule has 0 aliphatic carbocycles. The summed E-state index contributed by atoms with van der Waals surface area (Å²) in [6.07, 6.45) is 0.851. The summed E-state index contributed by atoms with van der Waals surface area (Å²) < 4.78 is 1.17. The number of carbonyl (C=O) groups is 2. The quantitative estimate of drug-likeness (QED) is 0.711. The van der Waals surface area contributed by atoms with Gasteiger partial charge in [0.15, 0.2) is 0 Å². The molecule has 7 heteroatoms. The minimum atomic E-state index is -0.353. The Morgan fingerprint density at radius 1 is 1.03 bits per heavy atom. The molecule has 0 saturated heterocycles. The third-order valence-electron chi connectivity index (χ3n) is 5.12. The summed E-state index contributed by atoms with van der Waals surface area (Å²) in [6, 6.07) is 19.7. The van der Waals surface area contributed by atoms with E-state index in [1.165, 1.54) is 16.8 Å². The zero-order chi connectivity index (χ0) is 21.1. The van der Waals surface area contributed by atoms with Crippen molar-refractivity contribution in [3.8, 4) is 0 Å². The monoisotopic (exact) mass is 402 g/mol. The molecule has 0 bridgehead atoms. The first kappa shape index (κ1) is 19.6. The minimum Gasteiger partial charge on any atom is -0.326 e. The van der Waals surface area contributed by atoms with Gasteiger partial charge in [-0.15, -0.1) is 0 Å². The summed E-state index contributed by atoms with van der Waals surface area (Å²) >= 11 is 0. The maximum absolute atomic E-state index is 13.1. The lowest BCUT2D eigenvalue weighted by atomic mass is 10.1. The normalized spacial score (nSPS) is 15.0. The zero-order valence-electron chi connectivity index (χ0n) is 16.6. The van der Waals surface area contributed by atoms with Crippen LogP contribution in [-0.4, -0.2) is 27.6 Å². The number of para-hydroxylation sites is 2. The summed E-state index contributed by atoms with van der Waals surface area (Å²) in [5, 5.41) is 7.01. The number of anilines is 2. The van der Waals surface area contributed by atoms with Crippen molar-refractivity contribution in [2.75, 3.05) is 10.2 Å². The number of amides is 2. The van der Waals surface area contributed by atoms with Crippen LogP contribution in [0.1, 0.15) is 29.4 Å². The highest BCUT2D eigenvalue weighted by Gasteiger charge is 2.32. The second-order valence-corrected chi connectivity index (χ2v) is 7.30. The van der Waals surface area contributed by atoms with Crippen LogP contribution in [0, 0.1) is 0 Å². The predicted molar refractivity (Wildman–Crippen MR) is 115 cm³/mol. The standard InChI is InChI=1S/C23H22N4O3/c1-16-15-17-7-5-6-10-20(17)27(16)23(30)19-11-12-22(29)26(25-19)14-13-21(28)24-18-8-3-2-4-9-18/h2-12,16H,13-15H2,1H3,(H,24,28)/t16-/m1/s1. The summed E-state index contributed by atoms with van der Waals surface area (Å²) in [7, 11) is 0. The number of aryl methyl sites for hydroxylation is 1. The van der Waals surface area contributed by atoms with Gasteiger partial charge in [0.05, 0.1) is 6.54 Å². The molecule has 0 spiro atoms. The van der Waals surface area contributed by atoms with Crippen LogP contribution in [-0.2, 0) is 17.8 Å². The number of hydrogen-bond acceptors (Lipinski definition) is 4. The molecule has 0 unspecified atom stereocenters. The van der Waals surface area contributed by atoms with Gasteiger partial charge in [0.25, 0.3) is 11.5 Å². The molecule has 2 heterocycles. The number of nitrogens with zero attached hydrogens (tertiary/aromatic N) is 3.